The van der Waals surface area contributed by atoms with Crippen LogP contribution in [0.5, 0.6) is 0 Å². The minimum Gasteiger partial charge on any atom is -0.391 e. The number of anilines is 1. The molecule has 1 aliphatic rings. The van der Waals surface area contributed by atoms with Crippen LogP contribution < -0.4 is 4.90 Å². The molecule has 3 heterocycles. The van der Waals surface area contributed by atoms with Crippen LogP contribution in [0, 0.1) is 0 Å². The van der Waals surface area contributed by atoms with Gasteiger partial charge in [-0.1, -0.05) is 11.6 Å². The molecule has 0 aromatic carbocycles. The van der Waals surface area contributed by atoms with Crippen molar-refractivity contribution in [2.75, 3.05) is 18.0 Å². The second-order valence-corrected chi connectivity index (χ2v) is 4.38. The molecule has 0 aliphatic carbocycles. The fraction of sp³-hybridized carbons (Fsp3) is 0.400. The van der Waals surface area contributed by atoms with Gasteiger partial charge in [-0.15, -0.1) is 12.4 Å². The van der Waals surface area contributed by atoms with E-state index in [0.29, 0.717) is 11.7 Å². The average Bonchev–Trinajstić information content (AvgIpc) is 2.83. The first-order valence-corrected chi connectivity index (χ1v) is 5.54. The lowest BCUT2D eigenvalue weighted by atomic mass is 10.3. The molecule has 0 radical (unpaired) electrons. The molecular weight excluding hydrogens is 263 g/mol. The van der Waals surface area contributed by atoms with Gasteiger partial charge in [0.2, 0.25) is 0 Å². The minimum atomic E-state index is -0.257. The van der Waals surface area contributed by atoms with Crippen LogP contribution in [0.4, 0.5) is 5.82 Å². The summed E-state index contributed by atoms with van der Waals surface area (Å²) in [4.78, 5) is 6.10. The maximum absolute atomic E-state index is 9.50. The first-order valence-electron chi connectivity index (χ1n) is 5.16. The van der Waals surface area contributed by atoms with E-state index in [1.807, 2.05) is 0 Å². The van der Waals surface area contributed by atoms with Crippen molar-refractivity contribution >= 4 is 40.7 Å². The number of pyridine rings is 1. The SMILES string of the molecule is Cl.OC1CCN(c2n[nH]c3cc(Cl)ncc23)C1. The molecule has 17 heavy (non-hydrogen) atoms. The van der Waals surface area contributed by atoms with Gasteiger partial charge in [-0.25, -0.2) is 4.98 Å². The van der Waals surface area contributed by atoms with Crippen LogP contribution in [-0.2, 0) is 0 Å². The Morgan fingerprint density at radius 2 is 2.35 bits per heavy atom. The molecule has 7 heteroatoms. The molecule has 5 nitrogen and oxygen atoms in total. The van der Waals surface area contributed by atoms with Gasteiger partial charge in [-0.3, -0.25) is 5.10 Å². The van der Waals surface area contributed by atoms with Crippen molar-refractivity contribution in [1.82, 2.24) is 15.2 Å². The molecule has 0 spiro atoms. The summed E-state index contributed by atoms with van der Waals surface area (Å²) in [5.41, 5.74) is 0.872. The van der Waals surface area contributed by atoms with E-state index in [9.17, 15) is 5.11 Å². The minimum absolute atomic E-state index is 0. The van der Waals surface area contributed by atoms with Crippen LogP contribution in [-0.4, -0.2) is 39.5 Å². The number of aromatic amines is 1. The van der Waals surface area contributed by atoms with Crippen molar-refractivity contribution in [3.8, 4) is 0 Å². The first-order chi connectivity index (χ1) is 7.74. The van der Waals surface area contributed by atoms with Crippen LogP contribution in [0.15, 0.2) is 12.3 Å². The van der Waals surface area contributed by atoms with Crippen molar-refractivity contribution in [1.29, 1.82) is 0 Å². The maximum Gasteiger partial charge on any atom is 0.159 e. The van der Waals surface area contributed by atoms with Crippen molar-refractivity contribution in [3.63, 3.8) is 0 Å². The lowest BCUT2D eigenvalue weighted by molar-refractivity contribution is 0.198. The number of nitrogens with one attached hydrogen (secondary N) is 1. The largest absolute Gasteiger partial charge is 0.391 e. The zero-order chi connectivity index (χ0) is 11.1. The van der Waals surface area contributed by atoms with Crippen molar-refractivity contribution < 1.29 is 5.11 Å². The molecule has 1 saturated heterocycles. The van der Waals surface area contributed by atoms with Crippen LogP contribution in [0.25, 0.3) is 10.9 Å². The predicted octanol–water partition coefficient (Wildman–Crippen LogP) is 1.60. The van der Waals surface area contributed by atoms with Gasteiger partial charge >= 0.3 is 0 Å². The van der Waals surface area contributed by atoms with E-state index in [4.69, 9.17) is 11.6 Å². The number of aromatic nitrogens is 3. The summed E-state index contributed by atoms with van der Waals surface area (Å²) in [5.74, 6) is 0.843. The van der Waals surface area contributed by atoms with Gasteiger partial charge in [-0.05, 0) is 6.42 Å². The fourth-order valence-electron chi connectivity index (χ4n) is 2.05. The zero-order valence-corrected chi connectivity index (χ0v) is 10.5. The molecule has 1 atom stereocenters. The van der Waals surface area contributed by atoms with Crippen molar-refractivity contribution in [3.05, 3.63) is 17.4 Å². The monoisotopic (exact) mass is 274 g/mol. The Bertz CT molecular complexity index is 530. The lowest BCUT2D eigenvalue weighted by Gasteiger charge is -2.14. The molecule has 0 saturated carbocycles. The van der Waals surface area contributed by atoms with Crippen LogP contribution >= 0.6 is 24.0 Å². The highest BCUT2D eigenvalue weighted by molar-refractivity contribution is 6.30. The number of H-pyrrole nitrogens is 1. The molecule has 92 valence electrons. The summed E-state index contributed by atoms with van der Waals surface area (Å²) in [6.07, 6.45) is 2.24. The quantitative estimate of drug-likeness (QED) is 0.776. The zero-order valence-electron chi connectivity index (χ0n) is 8.93. The lowest BCUT2D eigenvalue weighted by Crippen LogP contribution is -2.21. The average molecular weight is 275 g/mol. The van der Waals surface area contributed by atoms with Crippen LogP contribution in [0.1, 0.15) is 6.42 Å². The van der Waals surface area contributed by atoms with Gasteiger partial charge in [0.1, 0.15) is 5.15 Å². The number of hydrogen-bond donors (Lipinski definition) is 2. The number of aliphatic hydroxyl groups excluding tert-OH is 1. The normalized spacial score (nSPS) is 19.6. The van der Waals surface area contributed by atoms with Crippen molar-refractivity contribution in [2.24, 2.45) is 0 Å². The molecule has 1 unspecified atom stereocenters. The molecule has 0 amide bonds. The highest BCUT2D eigenvalue weighted by Crippen LogP contribution is 2.27. The smallest absolute Gasteiger partial charge is 0.159 e. The van der Waals surface area contributed by atoms with Gasteiger partial charge in [0.05, 0.1) is 17.0 Å². The highest BCUT2D eigenvalue weighted by atomic mass is 35.5. The second-order valence-electron chi connectivity index (χ2n) is 3.99. The predicted molar refractivity (Wildman–Crippen MR) is 69.0 cm³/mol. The summed E-state index contributed by atoms with van der Waals surface area (Å²) in [6, 6.07) is 1.75. The molecule has 2 aromatic rings. The molecule has 3 rings (SSSR count). The maximum atomic E-state index is 9.50. The third-order valence-electron chi connectivity index (χ3n) is 2.86. The summed E-state index contributed by atoms with van der Waals surface area (Å²) >= 11 is 5.80. The van der Waals surface area contributed by atoms with Gasteiger partial charge in [0, 0.05) is 25.4 Å². The molecule has 0 bridgehead atoms. The Kier molecular flexibility index (Phi) is 3.42. The topological polar surface area (TPSA) is 65.0 Å². The standard InChI is InChI=1S/C10H11ClN4O.ClH/c11-9-3-8-7(4-12-9)10(14-13-8)15-2-1-6(16)5-15;/h3-4,6,16H,1-2,5H2,(H,13,14);1H. The number of β-amino-alcohol motifs (C(OH)–C–C–N with tert-alkyl or cyclic N) is 1. The molecule has 1 fully saturated rings. The van der Waals surface area contributed by atoms with E-state index >= 15 is 0 Å². The Balaban J connectivity index is 0.00000108. The number of aliphatic hydroxyl groups is 1. The van der Waals surface area contributed by atoms with E-state index in [1.165, 1.54) is 0 Å². The van der Waals surface area contributed by atoms with Gasteiger partial charge in [-0.2, -0.15) is 5.10 Å². The molecule has 2 N–H and O–H groups in total. The number of nitrogens with zero attached hydrogens (tertiary/aromatic N) is 3. The number of fused-ring (bicyclic) bond motifs is 1. The molecule has 1 aliphatic heterocycles. The van der Waals surface area contributed by atoms with Crippen LogP contribution in [0.2, 0.25) is 5.15 Å². The van der Waals surface area contributed by atoms with E-state index < -0.39 is 0 Å². The Hall–Kier alpha value is -1.04. The summed E-state index contributed by atoms with van der Waals surface area (Å²) in [5, 5.41) is 18.1. The van der Waals surface area contributed by atoms with Gasteiger partial charge in [0.15, 0.2) is 5.82 Å². The third kappa shape index (κ3) is 2.18. The Morgan fingerprint density at radius 3 is 3.06 bits per heavy atom. The Morgan fingerprint density at radius 1 is 1.53 bits per heavy atom. The van der Waals surface area contributed by atoms with E-state index in [2.05, 4.69) is 20.1 Å². The first kappa shape index (κ1) is 12.4. The van der Waals surface area contributed by atoms with E-state index in [1.54, 1.807) is 12.3 Å². The third-order valence-corrected chi connectivity index (χ3v) is 3.06. The number of halogens is 2. The molecule has 2 aromatic heterocycles. The second kappa shape index (κ2) is 4.68. The summed E-state index contributed by atoms with van der Waals surface area (Å²) in [7, 11) is 0. The fourth-order valence-corrected chi connectivity index (χ4v) is 2.21. The summed E-state index contributed by atoms with van der Waals surface area (Å²) < 4.78 is 0. The van der Waals surface area contributed by atoms with Crippen LogP contribution in [0.3, 0.4) is 0 Å². The Labute approximate surface area is 109 Å². The van der Waals surface area contributed by atoms with E-state index in [0.717, 1.165) is 29.7 Å². The number of hydrogen-bond acceptors (Lipinski definition) is 4. The summed E-state index contributed by atoms with van der Waals surface area (Å²) in [6.45, 7) is 1.45. The number of rotatable bonds is 1. The van der Waals surface area contributed by atoms with Crippen molar-refractivity contribution in [2.45, 2.75) is 12.5 Å². The highest BCUT2D eigenvalue weighted by Gasteiger charge is 2.23. The van der Waals surface area contributed by atoms with Gasteiger partial charge < -0.3 is 10.0 Å². The van der Waals surface area contributed by atoms with E-state index in [-0.39, 0.29) is 18.5 Å². The molecular formula is C10H12Cl2N4O. The van der Waals surface area contributed by atoms with Gasteiger partial charge in [0.25, 0.3) is 0 Å².